The summed E-state index contributed by atoms with van der Waals surface area (Å²) in [6, 6.07) is 12.8. The molecule has 1 aromatic rings. The molecule has 0 aromatic heterocycles. The van der Waals surface area contributed by atoms with E-state index in [4.69, 9.17) is 0 Å². The highest BCUT2D eigenvalue weighted by molar-refractivity contribution is 5.20. The maximum absolute atomic E-state index is 3.77. The lowest BCUT2D eigenvalue weighted by Crippen LogP contribution is -2.44. The number of hydrogen-bond acceptors (Lipinski definition) is 2. The predicted molar refractivity (Wildman–Crippen MR) is 87.0 cm³/mol. The van der Waals surface area contributed by atoms with Gasteiger partial charge in [0.1, 0.15) is 0 Å². The molecule has 20 heavy (non-hydrogen) atoms. The summed E-state index contributed by atoms with van der Waals surface area (Å²) in [7, 11) is 0. The van der Waals surface area contributed by atoms with Gasteiger partial charge in [0.15, 0.2) is 0 Å². The molecule has 1 fully saturated rings. The molecule has 1 saturated carbocycles. The van der Waals surface area contributed by atoms with E-state index in [1.54, 1.807) is 0 Å². The van der Waals surface area contributed by atoms with Crippen molar-refractivity contribution in [2.75, 3.05) is 13.1 Å². The Morgan fingerprint density at radius 2 is 1.85 bits per heavy atom. The summed E-state index contributed by atoms with van der Waals surface area (Å²) in [6.07, 6.45) is 5.21. The molecule has 1 aliphatic rings. The molecule has 112 valence electrons. The average molecular weight is 274 g/mol. The molecule has 2 atom stereocenters. The lowest BCUT2D eigenvalue weighted by molar-refractivity contribution is 0.159. The van der Waals surface area contributed by atoms with Crippen LogP contribution in [0.2, 0.25) is 0 Å². The van der Waals surface area contributed by atoms with Gasteiger partial charge >= 0.3 is 0 Å². The zero-order valence-corrected chi connectivity index (χ0v) is 13.3. The second kappa shape index (κ2) is 7.80. The van der Waals surface area contributed by atoms with Crippen molar-refractivity contribution >= 4 is 0 Å². The predicted octanol–water partition coefficient (Wildman–Crippen LogP) is 3.99. The highest BCUT2D eigenvalue weighted by Gasteiger charge is 2.34. The number of rotatable bonds is 9. The molecule has 2 unspecified atom stereocenters. The van der Waals surface area contributed by atoms with E-state index in [-0.39, 0.29) is 0 Å². The van der Waals surface area contributed by atoms with Crippen LogP contribution in [0.25, 0.3) is 0 Å². The van der Waals surface area contributed by atoms with Crippen LogP contribution < -0.4 is 5.32 Å². The van der Waals surface area contributed by atoms with Crippen molar-refractivity contribution in [3.8, 4) is 0 Å². The van der Waals surface area contributed by atoms with E-state index >= 15 is 0 Å². The fraction of sp³-hybridized carbons (Fsp3) is 0.667. The van der Waals surface area contributed by atoms with Gasteiger partial charge in [-0.15, -0.1) is 0 Å². The minimum Gasteiger partial charge on any atom is -0.309 e. The second-order valence-corrected chi connectivity index (χ2v) is 6.05. The van der Waals surface area contributed by atoms with Crippen LogP contribution in [-0.4, -0.2) is 30.1 Å². The molecule has 0 radical (unpaired) electrons. The quantitative estimate of drug-likeness (QED) is 0.732. The number of benzene rings is 1. The average Bonchev–Trinajstić information content (AvgIpc) is 3.30. The van der Waals surface area contributed by atoms with Gasteiger partial charge in [0, 0.05) is 18.1 Å². The van der Waals surface area contributed by atoms with Gasteiger partial charge in [0.05, 0.1) is 0 Å². The van der Waals surface area contributed by atoms with Crippen LogP contribution in [0.15, 0.2) is 30.3 Å². The first kappa shape index (κ1) is 15.5. The monoisotopic (exact) mass is 274 g/mol. The number of nitrogens with zero attached hydrogens (tertiary/aromatic N) is 1. The van der Waals surface area contributed by atoms with Crippen LogP contribution in [0.3, 0.4) is 0 Å². The maximum Gasteiger partial charge on any atom is 0.0475 e. The molecule has 2 heteroatoms. The van der Waals surface area contributed by atoms with Crippen molar-refractivity contribution < 1.29 is 0 Å². The first-order valence-corrected chi connectivity index (χ1v) is 8.32. The summed E-state index contributed by atoms with van der Waals surface area (Å²) in [5.41, 5.74) is 1.43. The van der Waals surface area contributed by atoms with Gasteiger partial charge in [-0.2, -0.15) is 0 Å². The molecule has 0 bridgehead atoms. The van der Waals surface area contributed by atoms with E-state index in [9.17, 15) is 0 Å². The third kappa shape index (κ3) is 4.07. The number of nitrogens with one attached hydrogen (secondary N) is 1. The molecule has 0 spiro atoms. The van der Waals surface area contributed by atoms with Crippen molar-refractivity contribution in [3.63, 3.8) is 0 Å². The van der Waals surface area contributed by atoms with Gasteiger partial charge in [-0.05, 0) is 51.3 Å². The molecular weight excluding hydrogens is 244 g/mol. The summed E-state index contributed by atoms with van der Waals surface area (Å²) in [5, 5.41) is 3.77. The van der Waals surface area contributed by atoms with Crippen LogP contribution in [0.1, 0.15) is 58.1 Å². The Morgan fingerprint density at radius 1 is 1.15 bits per heavy atom. The molecule has 0 saturated heterocycles. The van der Waals surface area contributed by atoms with E-state index in [1.807, 2.05) is 0 Å². The zero-order valence-electron chi connectivity index (χ0n) is 13.3. The van der Waals surface area contributed by atoms with Crippen molar-refractivity contribution in [2.45, 2.75) is 64.6 Å². The van der Waals surface area contributed by atoms with Crippen molar-refractivity contribution in [2.24, 2.45) is 0 Å². The van der Waals surface area contributed by atoms with E-state index < -0.39 is 0 Å². The van der Waals surface area contributed by atoms with E-state index in [0.29, 0.717) is 12.1 Å². The molecule has 2 nitrogen and oxygen atoms in total. The Labute approximate surface area is 124 Å². The van der Waals surface area contributed by atoms with Crippen LogP contribution >= 0.6 is 0 Å². The lowest BCUT2D eigenvalue weighted by Gasteiger charge is -2.35. The van der Waals surface area contributed by atoms with E-state index in [2.05, 4.69) is 61.3 Å². The van der Waals surface area contributed by atoms with Gasteiger partial charge < -0.3 is 5.32 Å². The van der Waals surface area contributed by atoms with Gasteiger partial charge in [0.25, 0.3) is 0 Å². The molecule has 0 aliphatic heterocycles. The minimum atomic E-state index is 0.447. The molecular formula is C18H30N2. The fourth-order valence-electron chi connectivity index (χ4n) is 3.10. The number of hydrogen-bond donors (Lipinski definition) is 1. The molecule has 1 aliphatic carbocycles. The fourth-order valence-corrected chi connectivity index (χ4v) is 3.10. The van der Waals surface area contributed by atoms with E-state index in [0.717, 1.165) is 12.6 Å². The van der Waals surface area contributed by atoms with Crippen LogP contribution in [0.5, 0.6) is 0 Å². The zero-order chi connectivity index (χ0) is 14.4. The second-order valence-electron chi connectivity index (χ2n) is 6.05. The minimum absolute atomic E-state index is 0.447. The van der Waals surface area contributed by atoms with Gasteiger partial charge in [-0.25, -0.2) is 0 Å². The largest absolute Gasteiger partial charge is 0.309 e. The van der Waals surface area contributed by atoms with Crippen molar-refractivity contribution in [1.82, 2.24) is 10.2 Å². The van der Waals surface area contributed by atoms with Crippen LogP contribution in [0, 0.1) is 0 Å². The standard InChI is InChI=1S/C18H30N2/c1-4-13-19-18(16-9-7-6-8-10-16)15(3)20(14-5-2)17-11-12-17/h6-10,15,17-19H,4-5,11-14H2,1-3H3. The van der Waals surface area contributed by atoms with Gasteiger partial charge in [0.2, 0.25) is 0 Å². The summed E-state index contributed by atoms with van der Waals surface area (Å²) in [4.78, 5) is 2.72. The Morgan fingerprint density at radius 3 is 2.40 bits per heavy atom. The van der Waals surface area contributed by atoms with Crippen LogP contribution in [-0.2, 0) is 0 Å². The first-order chi connectivity index (χ1) is 9.77. The van der Waals surface area contributed by atoms with Crippen LogP contribution in [0.4, 0.5) is 0 Å². The lowest BCUT2D eigenvalue weighted by atomic mass is 9.98. The van der Waals surface area contributed by atoms with Crippen molar-refractivity contribution in [3.05, 3.63) is 35.9 Å². The molecule has 0 amide bonds. The summed E-state index contributed by atoms with van der Waals surface area (Å²) < 4.78 is 0. The highest BCUT2D eigenvalue weighted by Crippen LogP contribution is 2.32. The molecule has 2 rings (SSSR count). The Hall–Kier alpha value is -0.860. The molecule has 1 aromatic carbocycles. The summed E-state index contributed by atoms with van der Waals surface area (Å²) in [5.74, 6) is 0. The summed E-state index contributed by atoms with van der Waals surface area (Å²) >= 11 is 0. The smallest absolute Gasteiger partial charge is 0.0475 e. The van der Waals surface area contributed by atoms with Gasteiger partial charge in [-0.1, -0.05) is 44.2 Å². The third-order valence-corrected chi connectivity index (χ3v) is 4.28. The van der Waals surface area contributed by atoms with Crippen molar-refractivity contribution in [1.29, 1.82) is 0 Å². The Kier molecular flexibility index (Phi) is 6.06. The molecule has 1 N–H and O–H groups in total. The maximum atomic E-state index is 3.77. The SMILES string of the molecule is CCCNC(c1ccccc1)C(C)N(CCC)C1CC1. The van der Waals surface area contributed by atoms with E-state index in [1.165, 1.54) is 37.8 Å². The van der Waals surface area contributed by atoms with Gasteiger partial charge in [-0.3, -0.25) is 4.90 Å². The normalized spacial score (nSPS) is 18.2. The third-order valence-electron chi connectivity index (χ3n) is 4.28. The topological polar surface area (TPSA) is 15.3 Å². The first-order valence-electron chi connectivity index (χ1n) is 8.32. The highest BCUT2D eigenvalue weighted by atomic mass is 15.2. The Bertz CT molecular complexity index is 372. The Balaban J connectivity index is 2.11. The molecule has 0 heterocycles. The summed E-state index contributed by atoms with van der Waals surface area (Å²) in [6.45, 7) is 9.25.